The lowest BCUT2D eigenvalue weighted by atomic mass is 9.90. The fraction of sp³-hybridized carbons (Fsp3) is 0.271. The van der Waals surface area contributed by atoms with E-state index in [0.717, 1.165) is 53.5 Å². The van der Waals surface area contributed by atoms with E-state index < -0.39 is 30.1 Å². The molecule has 5 aromatic rings. The number of nitrogens with one attached hydrogen (secondary N) is 2. The van der Waals surface area contributed by atoms with Crippen LogP contribution in [0.1, 0.15) is 71.6 Å². The summed E-state index contributed by atoms with van der Waals surface area (Å²) in [6.45, 7) is 0.392. The SMILES string of the molecule is N#Cc1ccc(-c2ccc(CC(NC(=O)C3Cc4cc5c(cc4CN3C(=O)CC3CCCC3)OC(c3ccc(OCc4ccc(Cl)c(Cl)c4)cc3)C(=O)N5)C(=O)O)cc2)cc1. The maximum Gasteiger partial charge on any atom is 0.326 e. The first-order chi connectivity index (χ1) is 29.5. The molecule has 3 aliphatic rings. The van der Waals surface area contributed by atoms with Crippen molar-refractivity contribution in [1.29, 1.82) is 5.26 Å². The number of carboxylic acid groups (broad SMARTS) is 1. The van der Waals surface area contributed by atoms with Crippen molar-refractivity contribution in [3.8, 4) is 28.7 Å². The average molecular weight is 858 g/mol. The largest absolute Gasteiger partial charge is 0.489 e. The Balaban J connectivity index is 0.975. The van der Waals surface area contributed by atoms with Gasteiger partial charge in [0.1, 0.15) is 30.2 Å². The zero-order valence-electron chi connectivity index (χ0n) is 33.0. The summed E-state index contributed by atoms with van der Waals surface area (Å²) in [5.74, 6) is -1.03. The molecule has 3 unspecified atom stereocenters. The summed E-state index contributed by atoms with van der Waals surface area (Å²) in [5.41, 5.74) is 6.51. The van der Waals surface area contributed by atoms with Gasteiger partial charge in [0.05, 0.1) is 27.4 Å². The summed E-state index contributed by atoms with van der Waals surface area (Å²) < 4.78 is 12.2. The van der Waals surface area contributed by atoms with Crippen LogP contribution in [-0.4, -0.2) is 45.8 Å². The van der Waals surface area contributed by atoms with Crippen molar-refractivity contribution in [2.24, 2.45) is 5.92 Å². The van der Waals surface area contributed by atoms with E-state index in [1.165, 1.54) is 0 Å². The minimum absolute atomic E-state index is 0.0284. The monoisotopic (exact) mass is 856 g/mol. The number of carboxylic acids is 1. The van der Waals surface area contributed by atoms with Crippen LogP contribution in [0.4, 0.5) is 5.69 Å². The summed E-state index contributed by atoms with van der Waals surface area (Å²) in [4.78, 5) is 55.8. The molecule has 1 aliphatic carbocycles. The number of rotatable bonds is 12. The van der Waals surface area contributed by atoms with E-state index in [-0.39, 0.29) is 43.7 Å². The van der Waals surface area contributed by atoms with Gasteiger partial charge in [-0.15, -0.1) is 0 Å². The van der Waals surface area contributed by atoms with Gasteiger partial charge in [-0.25, -0.2) is 4.79 Å². The molecule has 3 atom stereocenters. The number of hydrogen-bond acceptors (Lipinski definition) is 7. The molecule has 3 N–H and O–H groups in total. The highest BCUT2D eigenvalue weighted by Crippen LogP contribution is 2.40. The molecular formula is C48H42Cl2N4O7. The molecule has 2 heterocycles. The smallest absolute Gasteiger partial charge is 0.326 e. The molecule has 61 heavy (non-hydrogen) atoms. The van der Waals surface area contributed by atoms with Crippen LogP contribution >= 0.6 is 23.2 Å². The second-order valence-corrected chi connectivity index (χ2v) is 16.6. The number of fused-ring (bicyclic) bond motifs is 2. The number of hydrogen-bond donors (Lipinski definition) is 3. The molecule has 3 amide bonds. The number of nitrogens with zero attached hydrogens (tertiary/aromatic N) is 2. The van der Waals surface area contributed by atoms with Crippen LogP contribution in [0.3, 0.4) is 0 Å². The van der Waals surface area contributed by atoms with Crippen LogP contribution in [0.5, 0.6) is 11.5 Å². The quantitative estimate of drug-likeness (QED) is 0.112. The third-order valence-electron chi connectivity index (χ3n) is 11.7. The molecule has 0 aromatic heterocycles. The molecule has 1 fully saturated rings. The van der Waals surface area contributed by atoms with Gasteiger partial charge in [-0.1, -0.05) is 90.6 Å². The Hall–Kier alpha value is -6.35. The molecule has 11 nitrogen and oxygen atoms in total. The van der Waals surface area contributed by atoms with Crippen LogP contribution in [0.15, 0.2) is 103 Å². The van der Waals surface area contributed by atoms with Gasteiger partial charge in [0.25, 0.3) is 5.91 Å². The van der Waals surface area contributed by atoms with Gasteiger partial charge in [-0.2, -0.15) is 5.26 Å². The molecule has 5 aromatic carbocycles. The first-order valence-electron chi connectivity index (χ1n) is 20.2. The lowest BCUT2D eigenvalue weighted by Gasteiger charge is -2.38. The Labute approximate surface area is 363 Å². The van der Waals surface area contributed by atoms with Crippen molar-refractivity contribution in [3.63, 3.8) is 0 Å². The molecule has 0 saturated heterocycles. The van der Waals surface area contributed by atoms with E-state index in [4.69, 9.17) is 37.9 Å². The first kappa shape index (κ1) is 41.4. The van der Waals surface area contributed by atoms with Gasteiger partial charge in [-0.05, 0) is 101 Å². The van der Waals surface area contributed by atoms with Gasteiger partial charge in [-0.3, -0.25) is 14.4 Å². The highest BCUT2D eigenvalue weighted by Gasteiger charge is 2.39. The predicted molar refractivity (Wildman–Crippen MR) is 230 cm³/mol. The van der Waals surface area contributed by atoms with Gasteiger partial charge < -0.3 is 30.1 Å². The van der Waals surface area contributed by atoms with E-state index in [2.05, 4.69) is 16.7 Å². The molecule has 310 valence electrons. The van der Waals surface area contributed by atoms with Crippen LogP contribution in [0, 0.1) is 17.2 Å². The minimum Gasteiger partial charge on any atom is -0.489 e. The van der Waals surface area contributed by atoms with Crippen molar-refractivity contribution in [1.82, 2.24) is 10.2 Å². The average Bonchev–Trinajstić information content (AvgIpc) is 3.78. The maximum atomic E-state index is 14.2. The molecule has 0 bridgehead atoms. The predicted octanol–water partition coefficient (Wildman–Crippen LogP) is 8.83. The highest BCUT2D eigenvalue weighted by atomic mass is 35.5. The van der Waals surface area contributed by atoms with E-state index in [0.29, 0.717) is 50.3 Å². The summed E-state index contributed by atoms with van der Waals surface area (Å²) in [5, 5.41) is 26.0. The van der Waals surface area contributed by atoms with Gasteiger partial charge >= 0.3 is 5.97 Å². The van der Waals surface area contributed by atoms with Gasteiger partial charge in [0, 0.05) is 31.4 Å². The Bertz CT molecular complexity index is 2520. The Kier molecular flexibility index (Phi) is 12.3. The van der Waals surface area contributed by atoms with Gasteiger partial charge in [0.2, 0.25) is 17.9 Å². The lowest BCUT2D eigenvalue weighted by molar-refractivity contribution is -0.145. The Morgan fingerprint density at radius 3 is 2.25 bits per heavy atom. The highest BCUT2D eigenvalue weighted by molar-refractivity contribution is 6.42. The summed E-state index contributed by atoms with van der Waals surface area (Å²) >= 11 is 12.2. The number of carbonyl (C=O) groups excluding carboxylic acids is 3. The van der Waals surface area contributed by atoms with Crippen molar-refractivity contribution >= 4 is 52.6 Å². The van der Waals surface area contributed by atoms with E-state index in [9.17, 15) is 24.3 Å². The summed E-state index contributed by atoms with van der Waals surface area (Å²) in [6.07, 6.45) is 3.53. The maximum absolute atomic E-state index is 14.2. The van der Waals surface area contributed by atoms with Crippen molar-refractivity contribution < 1.29 is 33.8 Å². The first-order valence-corrected chi connectivity index (χ1v) is 21.0. The number of carbonyl (C=O) groups is 4. The zero-order valence-corrected chi connectivity index (χ0v) is 34.5. The summed E-state index contributed by atoms with van der Waals surface area (Å²) in [6, 6.07) is 30.4. The molecule has 1 saturated carbocycles. The third kappa shape index (κ3) is 9.51. The number of ether oxygens (including phenoxy) is 2. The van der Waals surface area contributed by atoms with Crippen LogP contribution < -0.4 is 20.1 Å². The zero-order chi connectivity index (χ0) is 42.6. The number of anilines is 1. The second kappa shape index (κ2) is 18.1. The molecule has 0 spiro atoms. The minimum atomic E-state index is -1.25. The number of nitriles is 1. The van der Waals surface area contributed by atoms with E-state index in [1.807, 2.05) is 48.5 Å². The van der Waals surface area contributed by atoms with E-state index in [1.54, 1.807) is 59.5 Å². The standard InChI is InChI=1S/C48H42Cl2N4O7/c49-38-18-9-31(19-39(38)50)27-60-37-16-14-34(15-17-37)45-47(57)52-40-22-35-23-42(54(26-36(35)24-43(40)61-45)44(55)21-28-3-1-2-4-28)46(56)53-41(48(58)59)20-29-5-10-32(11-6-29)33-12-7-30(25-51)8-13-33/h5-19,22,24,28,41-42,45H,1-4,20-21,23,26-27H2,(H,52,57)(H,53,56)(H,58,59). The number of aliphatic carboxylic acids is 1. The van der Waals surface area contributed by atoms with Crippen molar-refractivity contribution in [2.75, 3.05) is 5.32 Å². The third-order valence-corrected chi connectivity index (χ3v) is 12.4. The van der Waals surface area contributed by atoms with Crippen LogP contribution in [0.25, 0.3) is 11.1 Å². The van der Waals surface area contributed by atoms with Crippen LogP contribution in [-0.2, 0) is 45.2 Å². The molecule has 8 rings (SSSR count). The van der Waals surface area contributed by atoms with Crippen LogP contribution in [0.2, 0.25) is 10.0 Å². The number of halogens is 2. The topological polar surface area (TPSA) is 158 Å². The summed E-state index contributed by atoms with van der Waals surface area (Å²) in [7, 11) is 0. The molecule has 13 heteroatoms. The number of amides is 3. The second-order valence-electron chi connectivity index (χ2n) is 15.8. The van der Waals surface area contributed by atoms with Gasteiger partial charge in [0.15, 0.2) is 0 Å². The fourth-order valence-electron chi connectivity index (χ4n) is 8.29. The lowest BCUT2D eigenvalue weighted by Crippen LogP contribution is -2.56. The number of benzene rings is 5. The fourth-order valence-corrected chi connectivity index (χ4v) is 8.61. The molecule has 2 aliphatic heterocycles. The normalized spacial score (nSPS) is 17.5. The Morgan fingerprint density at radius 1 is 0.885 bits per heavy atom. The Morgan fingerprint density at radius 2 is 1.57 bits per heavy atom. The van der Waals surface area contributed by atoms with Crippen molar-refractivity contribution in [3.05, 3.63) is 147 Å². The molecular weight excluding hydrogens is 815 g/mol. The van der Waals surface area contributed by atoms with Crippen molar-refractivity contribution in [2.45, 2.75) is 76.3 Å². The molecule has 0 radical (unpaired) electrons. The van der Waals surface area contributed by atoms with E-state index >= 15 is 0 Å².